The molecule has 0 saturated carbocycles. The molecular weight excluding hydrogens is 264 g/mol. The largest absolute Gasteiger partial charge is 0.394 e. The van der Waals surface area contributed by atoms with Crippen molar-refractivity contribution in [3.05, 3.63) is 36.3 Å². The highest BCUT2D eigenvalue weighted by molar-refractivity contribution is 6.00. The minimum Gasteiger partial charge on any atom is -0.394 e. The van der Waals surface area contributed by atoms with E-state index in [1.807, 2.05) is 0 Å². The maximum atomic E-state index is 13.6. The fourth-order valence-electron chi connectivity index (χ4n) is 2.19. The van der Waals surface area contributed by atoms with Gasteiger partial charge < -0.3 is 16.0 Å². The Morgan fingerprint density at radius 1 is 1.10 bits per heavy atom. The maximum absolute atomic E-state index is 13.6. The number of halogens is 2. The lowest BCUT2D eigenvalue weighted by atomic mass is 10.1. The lowest BCUT2D eigenvalue weighted by molar-refractivity contribution is 0.592. The van der Waals surface area contributed by atoms with Crippen molar-refractivity contribution in [1.82, 2.24) is 14.5 Å². The highest BCUT2D eigenvalue weighted by Gasteiger charge is 2.16. The van der Waals surface area contributed by atoms with Crippen LogP contribution in [0.5, 0.6) is 0 Å². The average molecular weight is 275 g/mol. The number of rotatable bonds is 1. The van der Waals surface area contributed by atoms with Gasteiger partial charge in [-0.2, -0.15) is 0 Å². The number of hydrogen-bond acceptors (Lipinski definition) is 4. The number of aryl methyl sites for hydroxylation is 1. The smallest absolute Gasteiger partial charge is 0.149 e. The van der Waals surface area contributed by atoms with Crippen LogP contribution in [0.2, 0.25) is 0 Å². The van der Waals surface area contributed by atoms with Crippen LogP contribution in [0.15, 0.2) is 24.7 Å². The third-order valence-electron chi connectivity index (χ3n) is 3.17. The molecule has 2 heterocycles. The van der Waals surface area contributed by atoms with E-state index in [9.17, 15) is 8.78 Å². The summed E-state index contributed by atoms with van der Waals surface area (Å²) in [6.07, 6.45) is 3.03. The van der Waals surface area contributed by atoms with E-state index in [-0.39, 0.29) is 5.82 Å². The summed E-state index contributed by atoms with van der Waals surface area (Å²) < 4.78 is 28.9. The van der Waals surface area contributed by atoms with Crippen LogP contribution < -0.4 is 11.5 Å². The predicted octanol–water partition coefficient (Wildman–Crippen LogP) is 2.08. The molecule has 0 fully saturated rings. The van der Waals surface area contributed by atoms with Crippen LogP contribution in [-0.4, -0.2) is 14.5 Å². The lowest BCUT2D eigenvalue weighted by Crippen LogP contribution is -1.97. The second-order valence-electron chi connectivity index (χ2n) is 4.46. The van der Waals surface area contributed by atoms with Gasteiger partial charge in [-0.3, -0.25) is 0 Å². The molecule has 0 bridgehead atoms. The molecule has 0 aliphatic carbocycles. The standard InChI is InChI=1S/C13H11F2N5/c1-20-4-7(10-12(17)18-5-19-13(10)20)6-2-8(14)11(16)9(15)3-6/h2-5H,16H2,1H3,(H2,17,18,19). The van der Waals surface area contributed by atoms with Gasteiger partial charge in [-0.25, -0.2) is 18.7 Å². The zero-order chi connectivity index (χ0) is 14.4. The van der Waals surface area contributed by atoms with Crippen molar-refractivity contribution in [2.75, 3.05) is 11.5 Å². The molecule has 2 aromatic heterocycles. The highest BCUT2D eigenvalue weighted by Crippen LogP contribution is 2.34. The Balaban J connectivity index is 2.36. The molecule has 0 radical (unpaired) electrons. The number of aromatic nitrogens is 3. The highest BCUT2D eigenvalue weighted by atomic mass is 19.1. The monoisotopic (exact) mass is 275 g/mol. The fraction of sp³-hybridized carbons (Fsp3) is 0.0769. The SMILES string of the molecule is Cn1cc(-c2cc(F)c(N)c(F)c2)c2c(N)ncnc21. The number of benzene rings is 1. The van der Waals surface area contributed by atoms with Crippen LogP contribution >= 0.6 is 0 Å². The Bertz CT molecular complexity index is 802. The number of hydrogen-bond donors (Lipinski definition) is 2. The second-order valence-corrected chi connectivity index (χ2v) is 4.46. The minimum atomic E-state index is -0.813. The molecule has 0 atom stereocenters. The van der Waals surface area contributed by atoms with Gasteiger partial charge >= 0.3 is 0 Å². The molecule has 0 aliphatic rings. The van der Waals surface area contributed by atoms with Crippen molar-refractivity contribution < 1.29 is 8.78 Å². The van der Waals surface area contributed by atoms with E-state index in [2.05, 4.69) is 9.97 Å². The van der Waals surface area contributed by atoms with Gasteiger partial charge in [0.1, 0.15) is 35.1 Å². The molecule has 4 N–H and O–H groups in total. The van der Waals surface area contributed by atoms with Crippen molar-refractivity contribution in [3.63, 3.8) is 0 Å². The first kappa shape index (κ1) is 12.3. The van der Waals surface area contributed by atoms with E-state index >= 15 is 0 Å². The summed E-state index contributed by atoms with van der Waals surface area (Å²) in [4.78, 5) is 8.02. The first-order valence-corrected chi connectivity index (χ1v) is 5.79. The molecule has 3 rings (SSSR count). The molecule has 7 heteroatoms. The predicted molar refractivity (Wildman–Crippen MR) is 72.7 cm³/mol. The molecule has 20 heavy (non-hydrogen) atoms. The first-order chi connectivity index (χ1) is 9.49. The number of nitrogen functional groups attached to an aromatic ring is 2. The Hall–Kier alpha value is -2.70. The zero-order valence-corrected chi connectivity index (χ0v) is 10.6. The van der Waals surface area contributed by atoms with Crippen LogP contribution in [0.3, 0.4) is 0 Å². The normalized spacial score (nSPS) is 11.2. The van der Waals surface area contributed by atoms with E-state index in [4.69, 9.17) is 11.5 Å². The van der Waals surface area contributed by atoms with Crippen molar-refractivity contribution in [2.45, 2.75) is 0 Å². The number of nitrogens with zero attached hydrogens (tertiary/aromatic N) is 3. The van der Waals surface area contributed by atoms with E-state index in [1.165, 1.54) is 18.5 Å². The van der Waals surface area contributed by atoms with E-state index in [0.717, 1.165) is 0 Å². The van der Waals surface area contributed by atoms with Gasteiger partial charge in [0.05, 0.1) is 5.39 Å². The summed E-state index contributed by atoms with van der Waals surface area (Å²) in [5, 5.41) is 0.554. The first-order valence-electron chi connectivity index (χ1n) is 5.79. The summed E-state index contributed by atoms with van der Waals surface area (Å²) in [5.74, 6) is -1.37. The van der Waals surface area contributed by atoms with Gasteiger partial charge in [0.2, 0.25) is 0 Å². The Labute approximate surface area is 112 Å². The number of nitrogens with two attached hydrogens (primary N) is 2. The van der Waals surface area contributed by atoms with Crippen molar-refractivity contribution >= 4 is 22.5 Å². The molecule has 0 spiro atoms. The summed E-state index contributed by atoms with van der Waals surface area (Å²) >= 11 is 0. The van der Waals surface area contributed by atoms with Gasteiger partial charge in [0.25, 0.3) is 0 Å². The molecule has 5 nitrogen and oxygen atoms in total. The van der Waals surface area contributed by atoms with Crippen LogP contribution in [-0.2, 0) is 7.05 Å². The Morgan fingerprint density at radius 2 is 1.75 bits per heavy atom. The van der Waals surface area contributed by atoms with Crippen LogP contribution in [0, 0.1) is 11.6 Å². The molecule has 0 aliphatic heterocycles. The third kappa shape index (κ3) is 1.67. The van der Waals surface area contributed by atoms with Gasteiger partial charge in [0, 0.05) is 18.8 Å². The topological polar surface area (TPSA) is 82.8 Å². The summed E-state index contributed by atoms with van der Waals surface area (Å²) in [6, 6.07) is 2.33. The summed E-state index contributed by atoms with van der Waals surface area (Å²) in [7, 11) is 1.77. The van der Waals surface area contributed by atoms with E-state index < -0.39 is 17.3 Å². The van der Waals surface area contributed by atoms with Crippen LogP contribution in [0.25, 0.3) is 22.2 Å². The zero-order valence-electron chi connectivity index (χ0n) is 10.6. The van der Waals surface area contributed by atoms with E-state index in [1.54, 1.807) is 17.8 Å². The van der Waals surface area contributed by atoms with Crippen LogP contribution in [0.4, 0.5) is 20.3 Å². The molecule has 0 amide bonds. The average Bonchev–Trinajstić information content (AvgIpc) is 2.75. The molecule has 0 saturated heterocycles. The van der Waals surface area contributed by atoms with Crippen molar-refractivity contribution in [2.24, 2.45) is 7.05 Å². The van der Waals surface area contributed by atoms with Crippen molar-refractivity contribution in [3.8, 4) is 11.1 Å². The van der Waals surface area contributed by atoms with Gasteiger partial charge in [-0.15, -0.1) is 0 Å². The van der Waals surface area contributed by atoms with Gasteiger partial charge in [-0.05, 0) is 17.7 Å². The maximum Gasteiger partial charge on any atom is 0.149 e. The Kier molecular flexibility index (Phi) is 2.56. The third-order valence-corrected chi connectivity index (χ3v) is 3.17. The fourth-order valence-corrected chi connectivity index (χ4v) is 2.19. The van der Waals surface area contributed by atoms with Gasteiger partial charge in [-0.1, -0.05) is 0 Å². The quantitative estimate of drug-likeness (QED) is 0.666. The molecule has 3 aromatic rings. The summed E-state index contributed by atoms with van der Waals surface area (Å²) in [5.41, 5.74) is 12.1. The van der Waals surface area contributed by atoms with Gasteiger partial charge in [0.15, 0.2) is 0 Å². The Morgan fingerprint density at radius 3 is 2.40 bits per heavy atom. The molecular formula is C13H11F2N5. The number of anilines is 2. The molecule has 0 unspecified atom stereocenters. The number of fused-ring (bicyclic) bond motifs is 1. The lowest BCUT2D eigenvalue weighted by Gasteiger charge is -2.04. The molecule has 102 valence electrons. The minimum absolute atomic E-state index is 0.253. The van der Waals surface area contributed by atoms with E-state index in [0.29, 0.717) is 22.2 Å². The summed E-state index contributed by atoms with van der Waals surface area (Å²) in [6.45, 7) is 0. The molecule has 1 aromatic carbocycles. The second kappa shape index (κ2) is 4.16. The van der Waals surface area contributed by atoms with Crippen LogP contribution in [0.1, 0.15) is 0 Å². The van der Waals surface area contributed by atoms with Crippen molar-refractivity contribution in [1.29, 1.82) is 0 Å².